The van der Waals surface area contributed by atoms with Crippen LogP contribution in [0.4, 0.5) is 5.95 Å². The van der Waals surface area contributed by atoms with Crippen molar-refractivity contribution in [1.82, 2.24) is 14.7 Å². The van der Waals surface area contributed by atoms with Gasteiger partial charge < -0.3 is 9.64 Å². The van der Waals surface area contributed by atoms with Crippen molar-refractivity contribution in [3.8, 4) is 5.75 Å². The van der Waals surface area contributed by atoms with Crippen molar-refractivity contribution in [3.05, 3.63) is 48.3 Å². The van der Waals surface area contributed by atoms with Crippen molar-refractivity contribution in [3.63, 3.8) is 0 Å². The summed E-state index contributed by atoms with van der Waals surface area (Å²) < 4.78 is 29.0. The molecule has 24 heavy (non-hydrogen) atoms. The molecule has 2 N–H and O–H groups in total. The number of ether oxygens (including phenoxy) is 1. The fourth-order valence-corrected chi connectivity index (χ4v) is 3.74. The highest BCUT2D eigenvalue weighted by Gasteiger charge is 2.38. The monoisotopic (exact) mass is 348 g/mol. The Hall–Kier alpha value is -2.03. The molecule has 1 aliphatic rings. The van der Waals surface area contributed by atoms with Crippen LogP contribution >= 0.6 is 0 Å². The molecule has 128 valence electrons. The molecule has 3 rings (SSSR count). The van der Waals surface area contributed by atoms with Crippen LogP contribution < -0.4 is 14.4 Å². The van der Waals surface area contributed by atoms with Gasteiger partial charge in [-0.25, -0.2) is 18.9 Å². The van der Waals surface area contributed by atoms with E-state index in [1.54, 1.807) is 25.6 Å². The van der Waals surface area contributed by atoms with E-state index >= 15 is 0 Å². The first-order valence-corrected chi connectivity index (χ1v) is 8.79. The zero-order valence-corrected chi connectivity index (χ0v) is 14.2. The van der Waals surface area contributed by atoms with Gasteiger partial charge in [0, 0.05) is 25.5 Å². The lowest BCUT2D eigenvalue weighted by molar-refractivity contribution is 0.302. The first-order valence-electron chi connectivity index (χ1n) is 7.68. The zero-order chi connectivity index (χ0) is 17.0. The van der Waals surface area contributed by atoms with Gasteiger partial charge in [-0.1, -0.05) is 12.1 Å². The molecular weight excluding hydrogens is 328 g/mol. The minimum Gasteiger partial charge on any atom is -0.497 e. The molecule has 2 heterocycles. The summed E-state index contributed by atoms with van der Waals surface area (Å²) in [4.78, 5) is 10.6. The molecule has 1 saturated heterocycles. The van der Waals surface area contributed by atoms with Gasteiger partial charge in [-0.3, -0.25) is 4.55 Å². The lowest BCUT2D eigenvalue weighted by atomic mass is 9.82. The Morgan fingerprint density at radius 3 is 2.58 bits per heavy atom. The number of nitrogens with one attached hydrogen (secondary N) is 1. The number of methoxy groups -OCH3 is 1. The van der Waals surface area contributed by atoms with Crippen molar-refractivity contribution in [2.75, 3.05) is 25.1 Å². The number of hydrogen-bond donors (Lipinski definition) is 2. The van der Waals surface area contributed by atoms with Gasteiger partial charge in [0.15, 0.2) is 0 Å². The number of rotatable bonds is 5. The zero-order valence-electron chi connectivity index (χ0n) is 13.4. The molecule has 0 radical (unpaired) electrons. The Labute approximate surface area is 143 Å². The van der Waals surface area contributed by atoms with Crippen LogP contribution in [0.2, 0.25) is 0 Å². The first-order chi connectivity index (χ1) is 11.6. The Morgan fingerprint density at radius 1 is 1.25 bits per heavy atom. The van der Waals surface area contributed by atoms with Crippen LogP contribution in [0.3, 0.4) is 0 Å². The quantitative estimate of drug-likeness (QED) is 0.800. The summed E-state index contributed by atoms with van der Waals surface area (Å²) in [5, 5.41) is 0. The van der Waals surface area contributed by atoms with E-state index in [9.17, 15) is 8.76 Å². The van der Waals surface area contributed by atoms with Crippen LogP contribution in [-0.2, 0) is 16.8 Å². The number of piperidine rings is 1. The van der Waals surface area contributed by atoms with Crippen molar-refractivity contribution >= 4 is 17.2 Å². The molecule has 1 aromatic carbocycles. The molecule has 1 fully saturated rings. The largest absolute Gasteiger partial charge is 0.497 e. The highest BCUT2D eigenvalue weighted by atomic mass is 32.2. The summed E-state index contributed by atoms with van der Waals surface area (Å²) >= 11 is -2.11. The second-order valence-corrected chi connectivity index (χ2v) is 6.40. The summed E-state index contributed by atoms with van der Waals surface area (Å²) in [5.41, 5.74) is 0.359. The normalized spacial score (nSPS) is 18.2. The summed E-state index contributed by atoms with van der Waals surface area (Å²) in [6.07, 6.45) is 4.75. The minimum absolute atomic E-state index is 0.584. The van der Waals surface area contributed by atoms with Gasteiger partial charge in [0.2, 0.25) is 17.2 Å². The first kappa shape index (κ1) is 16.8. The molecule has 0 spiro atoms. The Bertz CT molecular complexity index is 705. The number of aromatic nitrogens is 2. The standard InChI is InChI=1S/C16H20N4O3S/c1-23-14-5-2-4-13(12-14)16(19-24(21)22)6-10-20(11-7-16)15-17-8-3-9-18-15/h2-5,8-9,12,19H,6-7,10-11H2,1H3,(H,21,22). The third-order valence-electron chi connectivity index (χ3n) is 4.36. The van der Waals surface area contributed by atoms with Crippen LogP contribution in [0.1, 0.15) is 18.4 Å². The number of anilines is 1. The van der Waals surface area contributed by atoms with E-state index in [4.69, 9.17) is 4.74 Å². The van der Waals surface area contributed by atoms with Gasteiger partial charge >= 0.3 is 0 Å². The highest BCUT2D eigenvalue weighted by molar-refractivity contribution is 7.77. The highest BCUT2D eigenvalue weighted by Crippen LogP contribution is 2.35. The fraction of sp³-hybridized carbons (Fsp3) is 0.375. The summed E-state index contributed by atoms with van der Waals surface area (Å²) in [5.74, 6) is 1.41. The van der Waals surface area contributed by atoms with E-state index in [2.05, 4.69) is 19.6 Å². The molecule has 1 unspecified atom stereocenters. The van der Waals surface area contributed by atoms with Gasteiger partial charge in [0.25, 0.3) is 0 Å². The summed E-state index contributed by atoms with van der Waals surface area (Å²) in [6, 6.07) is 9.40. The van der Waals surface area contributed by atoms with Gasteiger partial charge in [0.1, 0.15) is 5.75 Å². The minimum atomic E-state index is -2.11. The van der Waals surface area contributed by atoms with E-state index in [-0.39, 0.29) is 0 Å². The maximum absolute atomic E-state index is 11.5. The topological polar surface area (TPSA) is 87.6 Å². The maximum Gasteiger partial charge on any atom is 0.232 e. The smallest absolute Gasteiger partial charge is 0.232 e. The fourth-order valence-electron chi connectivity index (χ4n) is 3.08. The van der Waals surface area contributed by atoms with Crippen LogP contribution in [0, 0.1) is 0 Å². The van der Waals surface area contributed by atoms with Crippen molar-refractivity contribution in [2.24, 2.45) is 0 Å². The van der Waals surface area contributed by atoms with E-state index in [1.165, 1.54) is 0 Å². The molecule has 0 amide bonds. The van der Waals surface area contributed by atoms with Crippen molar-refractivity contribution in [1.29, 1.82) is 0 Å². The Balaban J connectivity index is 1.85. The third-order valence-corrected chi connectivity index (χ3v) is 4.92. The predicted octanol–water partition coefficient (Wildman–Crippen LogP) is 1.71. The molecule has 1 aromatic heterocycles. The Morgan fingerprint density at radius 2 is 1.96 bits per heavy atom. The molecule has 1 aliphatic heterocycles. The number of nitrogens with zero attached hydrogens (tertiary/aromatic N) is 3. The number of hydrogen-bond acceptors (Lipinski definition) is 5. The Kier molecular flexibility index (Phi) is 5.08. The summed E-state index contributed by atoms with van der Waals surface area (Å²) in [7, 11) is 1.61. The summed E-state index contributed by atoms with van der Waals surface area (Å²) in [6.45, 7) is 1.37. The average molecular weight is 348 g/mol. The van der Waals surface area contributed by atoms with E-state index in [0.29, 0.717) is 31.9 Å². The molecule has 0 bridgehead atoms. The van der Waals surface area contributed by atoms with E-state index in [0.717, 1.165) is 11.3 Å². The van der Waals surface area contributed by atoms with Gasteiger partial charge in [-0.05, 0) is 36.6 Å². The number of benzene rings is 1. The van der Waals surface area contributed by atoms with Crippen LogP contribution in [-0.4, -0.2) is 38.9 Å². The van der Waals surface area contributed by atoms with E-state index in [1.807, 2.05) is 24.3 Å². The molecule has 0 saturated carbocycles. The second-order valence-electron chi connectivity index (χ2n) is 5.70. The molecule has 0 aliphatic carbocycles. The lowest BCUT2D eigenvalue weighted by Crippen LogP contribution is -2.52. The SMILES string of the molecule is COc1cccc(C2(NS(=O)O)CCN(c3ncccn3)CC2)c1. The van der Waals surface area contributed by atoms with Crippen molar-refractivity contribution in [2.45, 2.75) is 18.4 Å². The maximum atomic E-state index is 11.5. The van der Waals surface area contributed by atoms with E-state index < -0.39 is 16.8 Å². The van der Waals surface area contributed by atoms with Gasteiger partial charge in [-0.15, -0.1) is 0 Å². The van der Waals surface area contributed by atoms with Gasteiger partial charge in [0.05, 0.1) is 12.6 Å². The van der Waals surface area contributed by atoms with Crippen LogP contribution in [0.5, 0.6) is 5.75 Å². The molecule has 1 atom stereocenters. The average Bonchev–Trinajstić information content (AvgIpc) is 2.62. The predicted molar refractivity (Wildman–Crippen MR) is 92.1 cm³/mol. The van der Waals surface area contributed by atoms with Gasteiger partial charge in [-0.2, -0.15) is 0 Å². The third kappa shape index (κ3) is 3.55. The molecule has 8 heteroatoms. The van der Waals surface area contributed by atoms with Crippen molar-refractivity contribution < 1.29 is 13.5 Å². The second kappa shape index (κ2) is 7.25. The van der Waals surface area contributed by atoms with Crippen LogP contribution in [0.25, 0.3) is 0 Å². The van der Waals surface area contributed by atoms with Crippen LogP contribution in [0.15, 0.2) is 42.7 Å². The molecule has 2 aromatic rings. The molecular formula is C16H20N4O3S. The lowest BCUT2D eigenvalue weighted by Gasteiger charge is -2.41. The molecule has 7 nitrogen and oxygen atoms in total.